The molecule has 0 heterocycles. The van der Waals surface area contributed by atoms with Crippen molar-refractivity contribution in [2.45, 2.75) is 13.8 Å². The summed E-state index contributed by atoms with van der Waals surface area (Å²) in [7, 11) is 0. The number of nitrogens with one attached hydrogen (secondary N) is 1. The summed E-state index contributed by atoms with van der Waals surface area (Å²) < 4.78 is 5.06. The molecule has 2 rings (SSSR count). The third-order valence-electron chi connectivity index (χ3n) is 3.17. The highest BCUT2D eigenvalue weighted by Gasteiger charge is 2.15. The van der Waals surface area contributed by atoms with E-state index in [1.807, 2.05) is 19.1 Å². The van der Waals surface area contributed by atoms with E-state index in [1.165, 1.54) is 13.0 Å². The molecule has 0 unspecified atom stereocenters. The van der Waals surface area contributed by atoms with Crippen LogP contribution in [0.15, 0.2) is 48.5 Å². The Morgan fingerprint density at radius 3 is 2.30 bits per heavy atom. The normalized spacial score (nSPS) is 10.0. The number of rotatable bonds is 5. The first kappa shape index (κ1) is 16.4. The van der Waals surface area contributed by atoms with Crippen molar-refractivity contribution in [2.75, 3.05) is 11.9 Å². The average Bonchev–Trinajstić information content (AvgIpc) is 2.53. The number of hydrogen-bond acceptors (Lipinski definition) is 4. The van der Waals surface area contributed by atoms with E-state index in [0.717, 1.165) is 5.56 Å². The van der Waals surface area contributed by atoms with Gasteiger partial charge in [-0.1, -0.05) is 42.0 Å². The number of ketones is 1. The minimum atomic E-state index is -0.658. The fourth-order valence-corrected chi connectivity index (χ4v) is 1.99. The SMILES string of the molecule is CC(=O)Nc1ccccc1C(=O)OCC(=O)c1ccc(C)cc1. The zero-order chi connectivity index (χ0) is 16.8. The Hall–Kier alpha value is -2.95. The molecule has 1 amide bonds. The van der Waals surface area contributed by atoms with Gasteiger partial charge in [0.05, 0.1) is 11.3 Å². The highest BCUT2D eigenvalue weighted by molar-refractivity contribution is 6.03. The monoisotopic (exact) mass is 311 g/mol. The molecule has 2 aromatic rings. The molecule has 0 aromatic heterocycles. The van der Waals surface area contributed by atoms with Crippen molar-refractivity contribution < 1.29 is 19.1 Å². The van der Waals surface area contributed by atoms with Crippen LogP contribution in [0.2, 0.25) is 0 Å². The summed E-state index contributed by atoms with van der Waals surface area (Å²) in [4.78, 5) is 35.3. The summed E-state index contributed by atoms with van der Waals surface area (Å²) in [5, 5.41) is 2.56. The first-order chi connectivity index (χ1) is 11.0. The number of carbonyl (C=O) groups excluding carboxylic acids is 3. The van der Waals surface area contributed by atoms with Gasteiger partial charge in [-0.2, -0.15) is 0 Å². The number of carbonyl (C=O) groups is 3. The lowest BCUT2D eigenvalue weighted by atomic mass is 10.1. The zero-order valence-corrected chi connectivity index (χ0v) is 13.0. The topological polar surface area (TPSA) is 72.5 Å². The Morgan fingerprint density at radius 2 is 1.65 bits per heavy atom. The molecule has 5 heteroatoms. The number of ether oxygens (including phenoxy) is 1. The van der Waals surface area contributed by atoms with E-state index in [1.54, 1.807) is 30.3 Å². The van der Waals surface area contributed by atoms with E-state index in [-0.39, 0.29) is 23.9 Å². The van der Waals surface area contributed by atoms with Gasteiger partial charge >= 0.3 is 5.97 Å². The highest BCUT2D eigenvalue weighted by atomic mass is 16.5. The first-order valence-electron chi connectivity index (χ1n) is 7.11. The van der Waals surface area contributed by atoms with Crippen LogP contribution in [0.5, 0.6) is 0 Å². The maximum absolute atomic E-state index is 12.1. The summed E-state index contributed by atoms with van der Waals surface area (Å²) in [5.41, 5.74) is 2.09. The molecule has 0 spiro atoms. The number of amides is 1. The van der Waals surface area contributed by atoms with E-state index >= 15 is 0 Å². The van der Waals surface area contributed by atoms with Crippen molar-refractivity contribution in [3.05, 3.63) is 65.2 Å². The van der Waals surface area contributed by atoms with Crippen LogP contribution in [-0.4, -0.2) is 24.3 Å². The van der Waals surface area contributed by atoms with Crippen molar-refractivity contribution in [3.8, 4) is 0 Å². The third kappa shape index (κ3) is 4.51. The summed E-state index contributed by atoms with van der Waals surface area (Å²) in [5.74, 6) is -1.23. The van der Waals surface area contributed by atoms with Crippen LogP contribution in [0, 0.1) is 6.92 Å². The van der Waals surface area contributed by atoms with E-state index in [4.69, 9.17) is 4.74 Å². The molecule has 0 radical (unpaired) electrons. The minimum absolute atomic E-state index is 0.208. The number of hydrogen-bond donors (Lipinski definition) is 1. The van der Waals surface area contributed by atoms with Gasteiger partial charge in [-0.25, -0.2) is 4.79 Å². The van der Waals surface area contributed by atoms with Crippen molar-refractivity contribution in [3.63, 3.8) is 0 Å². The van der Waals surface area contributed by atoms with E-state index in [0.29, 0.717) is 11.3 Å². The van der Waals surface area contributed by atoms with Crippen LogP contribution in [-0.2, 0) is 9.53 Å². The molecule has 118 valence electrons. The molecule has 0 saturated heterocycles. The molecule has 23 heavy (non-hydrogen) atoms. The molecule has 0 saturated carbocycles. The van der Waals surface area contributed by atoms with Gasteiger partial charge in [0.1, 0.15) is 0 Å². The van der Waals surface area contributed by atoms with Gasteiger partial charge in [0, 0.05) is 12.5 Å². The van der Waals surface area contributed by atoms with Crippen LogP contribution < -0.4 is 5.32 Å². The number of benzene rings is 2. The zero-order valence-electron chi connectivity index (χ0n) is 13.0. The van der Waals surface area contributed by atoms with Gasteiger partial charge in [0.2, 0.25) is 5.91 Å². The molecule has 0 aliphatic rings. The van der Waals surface area contributed by atoms with E-state index in [2.05, 4.69) is 5.32 Å². The molecule has 0 bridgehead atoms. The number of anilines is 1. The van der Waals surface area contributed by atoms with Gasteiger partial charge in [-0.3, -0.25) is 9.59 Å². The van der Waals surface area contributed by atoms with Crippen molar-refractivity contribution in [1.82, 2.24) is 0 Å². The molecule has 0 fully saturated rings. The van der Waals surface area contributed by atoms with Gasteiger partial charge in [0.15, 0.2) is 12.4 Å². The fraction of sp³-hybridized carbons (Fsp3) is 0.167. The lowest BCUT2D eigenvalue weighted by Crippen LogP contribution is -2.16. The summed E-state index contributed by atoms with van der Waals surface area (Å²) in [6, 6.07) is 13.5. The molecular formula is C18H17NO4. The van der Waals surface area contributed by atoms with Crippen molar-refractivity contribution in [2.24, 2.45) is 0 Å². The largest absolute Gasteiger partial charge is 0.454 e. The maximum Gasteiger partial charge on any atom is 0.340 e. The molecule has 2 aromatic carbocycles. The summed E-state index contributed by atoms with van der Waals surface area (Å²) in [6.45, 7) is 2.92. The van der Waals surface area contributed by atoms with Crippen LogP contribution in [0.25, 0.3) is 0 Å². The summed E-state index contributed by atoms with van der Waals surface area (Å²) >= 11 is 0. The summed E-state index contributed by atoms with van der Waals surface area (Å²) in [6.07, 6.45) is 0. The van der Waals surface area contributed by atoms with E-state index in [9.17, 15) is 14.4 Å². The van der Waals surface area contributed by atoms with Crippen LogP contribution in [0.3, 0.4) is 0 Å². The molecular weight excluding hydrogens is 294 g/mol. The number of esters is 1. The van der Waals surface area contributed by atoms with Gasteiger partial charge in [-0.15, -0.1) is 0 Å². The number of aryl methyl sites for hydroxylation is 1. The lowest BCUT2D eigenvalue weighted by Gasteiger charge is -2.09. The predicted molar refractivity (Wildman–Crippen MR) is 86.5 cm³/mol. The highest BCUT2D eigenvalue weighted by Crippen LogP contribution is 2.16. The van der Waals surface area contributed by atoms with Crippen molar-refractivity contribution in [1.29, 1.82) is 0 Å². The minimum Gasteiger partial charge on any atom is -0.454 e. The van der Waals surface area contributed by atoms with Gasteiger partial charge in [0.25, 0.3) is 0 Å². The van der Waals surface area contributed by atoms with Crippen LogP contribution in [0.4, 0.5) is 5.69 Å². The van der Waals surface area contributed by atoms with Gasteiger partial charge < -0.3 is 10.1 Å². The molecule has 0 aliphatic carbocycles. The second-order valence-corrected chi connectivity index (χ2v) is 5.09. The second-order valence-electron chi connectivity index (χ2n) is 5.09. The Bertz CT molecular complexity index is 735. The smallest absolute Gasteiger partial charge is 0.340 e. The molecule has 0 atom stereocenters. The Morgan fingerprint density at radius 1 is 1.00 bits per heavy atom. The Labute approximate surface area is 134 Å². The second kappa shape index (κ2) is 7.35. The quantitative estimate of drug-likeness (QED) is 0.680. The average molecular weight is 311 g/mol. The molecule has 5 nitrogen and oxygen atoms in total. The van der Waals surface area contributed by atoms with Crippen LogP contribution in [0.1, 0.15) is 33.2 Å². The Balaban J connectivity index is 2.03. The fourth-order valence-electron chi connectivity index (χ4n) is 1.99. The maximum atomic E-state index is 12.1. The van der Waals surface area contributed by atoms with E-state index < -0.39 is 5.97 Å². The third-order valence-corrected chi connectivity index (χ3v) is 3.17. The van der Waals surface area contributed by atoms with Crippen LogP contribution >= 0.6 is 0 Å². The first-order valence-corrected chi connectivity index (χ1v) is 7.11. The molecule has 1 N–H and O–H groups in total. The number of para-hydroxylation sites is 1. The molecule has 0 aliphatic heterocycles. The van der Waals surface area contributed by atoms with Gasteiger partial charge in [-0.05, 0) is 19.1 Å². The lowest BCUT2D eigenvalue weighted by molar-refractivity contribution is -0.114. The predicted octanol–water partition coefficient (Wildman–Crippen LogP) is 2.99. The number of Topliss-reactive ketones (excluding diaryl/α,β-unsaturated/α-hetero) is 1. The Kier molecular flexibility index (Phi) is 5.25. The standard InChI is InChI=1S/C18H17NO4/c1-12-7-9-14(10-8-12)17(21)11-23-18(22)15-5-3-4-6-16(15)19-13(2)20/h3-10H,11H2,1-2H3,(H,19,20). The van der Waals surface area contributed by atoms with Crippen molar-refractivity contribution >= 4 is 23.3 Å².